The summed E-state index contributed by atoms with van der Waals surface area (Å²) in [6, 6.07) is 8.08. The fraction of sp³-hybridized carbons (Fsp3) is 0.600. The van der Waals surface area contributed by atoms with Crippen LogP contribution in [0.3, 0.4) is 0 Å². The molecule has 0 aliphatic carbocycles. The fourth-order valence-corrected chi connectivity index (χ4v) is 2.91. The minimum Gasteiger partial charge on any atom is -0.497 e. The highest BCUT2D eigenvalue weighted by atomic mass is 16.5. The molecule has 1 saturated heterocycles. The topological polar surface area (TPSA) is 44.7 Å². The molecule has 4 heteroatoms. The van der Waals surface area contributed by atoms with E-state index in [2.05, 4.69) is 29.3 Å². The van der Waals surface area contributed by atoms with Crippen LogP contribution >= 0.6 is 0 Å². The number of nitrogens with one attached hydrogen (secondary N) is 1. The van der Waals surface area contributed by atoms with E-state index < -0.39 is 0 Å². The van der Waals surface area contributed by atoms with Crippen molar-refractivity contribution in [2.24, 2.45) is 0 Å². The van der Waals surface area contributed by atoms with Crippen molar-refractivity contribution in [2.45, 2.75) is 18.9 Å². The van der Waals surface area contributed by atoms with E-state index in [1.807, 2.05) is 12.1 Å². The first kappa shape index (κ1) is 14.3. The SMILES string of the molecule is CCC(CO)(c1ccc(OC)cc1)N1CCNCC1. The maximum atomic E-state index is 10.0. The van der Waals surface area contributed by atoms with Crippen LogP contribution in [0.2, 0.25) is 0 Å². The lowest BCUT2D eigenvalue weighted by Crippen LogP contribution is -2.56. The van der Waals surface area contributed by atoms with E-state index in [9.17, 15) is 5.11 Å². The first-order valence-electron chi connectivity index (χ1n) is 6.98. The van der Waals surface area contributed by atoms with Gasteiger partial charge in [0.05, 0.1) is 19.3 Å². The second-order valence-corrected chi connectivity index (χ2v) is 5.01. The van der Waals surface area contributed by atoms with E-state index in [-0.39, 0.29) is 12.1 Å². The Bertz CT molecular complexity index is 382. The van der Waals surface area contributed by atoms with Crippen molar-refractivity contribution in [3.63, 3.8) is 0 Å². The number of hydrogen-bond acceptors (Lipinski definition) is 4. The highest BCUT2D eigenvalue weighted by Gasteiger charge is 2.36. The van der Waals surface area contributed by atoms with Crippen molar-refractivity contribution in [2.75, 3.05) is 39.9 Å². The summed E-state index contributed by atoms with van der Waals surface area (Å²) >= 11 is 0. The molecule has 4 nitrogen and oxygen atoms in total. The Morgan fingerprint density at radius 1 is 1.26 bits per heavy atom. The minimum atomic E-state index is -0.269. The number of piperazine rings is 1. The monoisotopic (exact) mass is 264 g/mol. The molecule has 0 saturated carbocycles. The molecule has 2 rings (SSSR count). The molecular formula is C15H24N2O2. The van der Waals surface area contributed by atoms with E-state index in [0.29, 0.717) is 0 Å². The van der Waals surface area contributed by atoms with E-state index in [4.69, 9.17) is 4.74 Å². The van der Waals surface area contributed by atoms with Gasteiger partial charge in [0.25, 0.3) is 0 Å². The minimum absolute atomic E-state index is 0.149. The molecule has 1 unspecified atom stereocenters. The van der Waals surface area contributed by atoms with Gasteiger partial charge in [-0.25, -0.2) is 0 Å². The Kier molecular flexibility index (Phi) is 4.80. The molecule has 1 aliphatic heterocycles. The zero-order valence-electron chi connectivity index (χ0n) is 11.9. The Morgan fingerprint density at radius 2 is 1.89 bits per heavy atom. The molecule has 1 aromatic carbocycles. The molecule has 19 heavy (non-hydrogen) atoms. The summed E-state index contributed by atoms with van der Waals surface area (Å²) in [5.74, 6) is 0.854. The first-order valence-corrected chi connectivity index (χ1v) is 6.98. The Hall–Kier alpha value is -1.10. The second-order valence-electron chi connectivity index (χ2n) is 5.01. The van der Waals surface area contributed by atoms with E-state index in [1.165, 1.54) is 5.56 Å². The molecule has 1 heterocycles. The van der Waals surface area contributed by atoms with Gasteiger partial charge < -0.3 is 15.2 Å². The molecule has 0 radical (unpaired) electrons. The van der Waals surface area contributed by atoms with Crippen molar-refractivity contribution in [3.05, 3.63) is 29.8 Å². The number of rotatable bonds is 5. The maximum Gasteiger partial charge on any atom is 0.118 e. The number of aliphatic hydroxyl groups is 1. The average molecular weight is 264 g/mol. The standard InChI is InChI=1S/C15H24N2O2/c1-3-15(12-18,17-10-8-16-9-11-17)13-4-6-14(19-2)7-5-13/h4-7,16,18H,3,8-12H2,1-2H3. The molecule has 2 N–H and O–H groups in total. The van der Waals surface area contributed by atoms with Crippen LogP contribution in [0.25, 0.3) is 0 Å². The number of benzene rings is 1. The van der Waals surface area contributed by atoms with Crippen molar-refractivity contribution < 1.29 is 9.84 Å². The third-order valence-corrected chi connectivity index (χ3v) is 4.20. The van der Waals surface area contributed by atoms with E-state index in [1.54, 1.807) is 7.11 Å². The van der Waals surface area contributed by atoms with Crippen LogP contribution in [-0.2, 0) is 5.54 Å². The lowest BCUT2D eigenvalue weighted by Gasteiger charge is -2.45. The first-order chi connectivity index (χ1) is 9.26. The summed E-state index contributed by atoms with van der Waals surface area (Å²) in [6.07, 6.45) is 0.899. The molecular weight excluding hydrogens is 240 g/mol. The summed E-state index contributed by atoms with van der Waals surface area (Å²) < 4.78 is 5.21. The van der Waals surface area contributed by atoms with Gasteiger partial charge >= 0.3 is 0 Å². The number of nitrogens with zero attached hydrogens (tertiary/aromatic N) is 1. The van der Waals surface area contributed by atoms with Crippen LogP contribution in [-0.4, -0.2) is 49.9 Å². The van der Waals surface area contributed by atoms with Crippen LogP contribution in [0.4, 0.5) is 0 Å². The highest BCUT2D eigenvalue weighted by molar-refractivity contribution is 5.32. The van der Waals surface area contributed by atoms with E-state index >= 15 is 0 Å². The van der Waals surface area contributed by atoms with Crippen molar-refractivity contribution in [3.8, 4) is 5.75 Å². The Labute approximate surface area is 115 Å². The lowest BCUT2D eigenvalue weighted by atomic mass is 9.85. The van der Waals surface area contributed by atoms with Crippen LogP contribution in [0.1, 0.15) is 18.9 Å². The Morgan fingerprint density at radius 3 is 2.37 bits per heavy atom. The van der Waals surface area contributed by atoms with Crippen LogP contribution < -0.4 is 10.1 Å². The van der Waals surface area contributed by atoms with Gasteiger partial charge in [-0.05, 0) is 24.1 Å². The zero-order chi connectivity index (χ0) is 13.7. The van der Waals surface area contributed by atoms with Gasteiger partial charge in [-0.1, -0.05) is 19.1 Å². The average Bonchev–Trinajstić information content (AvgIpc) is 2.51. The van der Waals surface area contributed by atoms with Gasteiger partial charge in [-0.15, -0.1) is 0 Å². The molecule has 1 aromatic rings. The molecule has 1 atom stereocenters. The largest absolute Gasteiger partial charge is 0.497 e. The smallest absolute Gasteiger partial charge is 0.118 e. The summed E-state index contributed by atoms with van der Waals surface area (Å²) in [6.45, 7) is 6.20. The third kappa shape index (κ3) is 2.76. The van der Waals surface area contributed by atoms with Gasteiger partial charge in [0.1, 0.15) is 5.75 Å². The number of methoxy groups -OCH3 is 1. The van der Waals surface area contributed by atoms with Crippen LogP contribution in [0.5, 0.6) is 5.75 Å². The summed E-state index contributed by atoms with van der Waals surface area (Å²) in [5, 5.41) is 13.4. The molecule has 0 spiro atoms. The summed E-state index contributed by atoms with van der Waals surface area (Å²) in [5.41, 5.74) is 0.897. The number of aliphatic hydroxyl groups excluding tert-OH is 1. The molecule has 0 bridgehead atoms. The highest BCUT2D eigenvalue weighted by Crippen LogP contribution is 2.33. The molecule has 0 amide bonds. The van der Waals surface area contributed by atoms with Crippen LogP contribution in [0, 0.1) is 0 Å². The van der Waals surface area contributed by atoms with Gasteiger partial charge in [0.15, 0.2) is 0 Å². The van der Waals surface area contributed by atoms with Gasteiger partial charge in [-0.2, -0.15) is 0 Å². The fourth-order valence-electron chi connectivity index (χ4n) is 2.91. The van der Waals surface area contributed by atoms with Crippen molar-refractivity contribution in [1.29, 1.82) is 0 Å². The van der Waals surface area contributed by atoms with Gasteiger partial charge in [-0.3, -0.25) is 4.90 Å². The number of hydrogen-bond donors (Lipinski definition) is 2. The molecule has 1 fully saturated rings. The normalized spacial score (nSPS) is 19.9. The third-order valence-electron chi connectivity index (χ3n) is 4.20. The maximum absolute atomic E-state index is 10.0. The summed E-state index contributed by atoms with van der Waals surface area (Å²) in [4.78, 5) is 2.39. The molecule has 106 valence electrons. The van der Waals surface area contributed by atoms with Crippen molar-refractivity contribution in [1.82, 2.24) is 10.2 Å². The lowest BCUT2D eigenvalue weighted by molar-refractivity contribution is 0.0137. The van der Waals surface area contributed by atoms with E-state index in [0.717, 1.165) is 38.3 Å². The van der Waals surface area contributed by atoms with Crippen LogP contribution in [0.15, 0.2) is 24.3 Å². The predicted molar refractivity (Wildman–Crippen MR) is 76.5 cm³/mol. The predicted octanol–water partition coefficient (Wildman–Crippen LogP) is 1.20. The molecule has 0 aromatic heterocycles. The Balaban J connectivity index is 2.30. The summed E-state index contributed by atoms with van der Waals surface area (Å²) in [7, 11) is 1.67. The van der Waals surface area contributed by atoms with Crippen molar-refractivity contribution >= 4 is 0 Å². The number of ether oxygens (including phenoxy) is 1. The van der Waals surface area contributed by atoms with Gasteiger partial charge in [0.2, 0.25) is 0 Å². The molecule has 1 aliphatic rings. The second kappa shape index (κ2) is 6.37. The zero-order valence-corrected chi connectivity index (χ0v) is 11.9. The quantitative estimate of drug-likeness (QED) is 0.839. The van der Waals surface area contributed by atoms with Gasteiger partial charge in [0, 0.05) is 26.2 Å².